The normalized spacial score (nSPS) is 18.7. The van der Waals surface area contributed by atoms with Crippen LogP contribution in [0.25, 0.3) is 0 Å². The van der Waals surface area contributed by atoms with E-state index < -0.39 is 20.7 Å². The number of ether oxygens (including phenoxy) is 2. The fourth-order valence-corrected chi connectivity index (χ4v) is 6.03. The molecule has 0 atom stereocenters. The summed E-state index contributed by atoms with van der Waals surface area (Å²) in [7, 11) is -2.05. The summed E-state index contributed by atoms with van der Waals surface area (Å²) in [6, 6.07) is 9.20. The zero-order valence-corrected chi connectivity index (χ0v) is 19.7. The van der Waals surface area contributed by atoms with Gasteiger partial charge in [0.05, 0.1) is 26.5 Å². The minimum absolute atomic E-state index is 0.0603. The van der Waals surface area contributed by atoms with Crippen molar-refractivity contribution < 1.29 is 22.7 Å². The Morgan fingerprint density at radius 2 is 2.00 bits per heavy atom. The van der Waals surface area contributed by atoms with Gasteiger partial charge < -0.3 is 14.8 Å². The van der Waals surface area contributed by atoms with Gasteiger partial charge in [-0.3, -0.25) is 4.79 Å². The third-order valence-electron chi connectivity index (χ3n) is 6.11. The van der Waals surface area contributed by atoms with Crippen LogP contribution < -0.4 is 10.1 Å². The lowest BCUT2D eigenvalue weighted by atomic mass is 9.71. The Bertz CT molecular complexity index is 1130. The summed E-state index contributed by atoms with van der Waals surface area (Å²) in [6.07, 6.45) is 1.43. The van der Waals surface area contributed by atoms with Crippen LogP contribution in [0.1, 0.15) is 30.9 Å². The molecular formula is C22H26ClN3O5S. The maximum Gasteiger partial charge on any atom is 0.237 e. The molecule has 3 heterocycles. The van der Waals surface area contributed by atoms with Gasteiger partial charge in [-0.1, -0.05) is 49.7 Å². The van der Waals surface area contributed by atoms with E-state index in [1.807, 2.05) is 24.3 Å². The van der Waals surface area contributed by atoms with Crippen molar-refractivity contribution in [3.63, 3.8) is 0 Å². The monoisotopic (exact) mass is 479 g/mol. The molecule has 1 amide bonds. The Kier molecular flexibility index (Phi) is 6.19. The first-order valence-corrected chi connectivity index (χ1v) is 12.2. The molecule has 2 fully saturated rings. The molecule has 1 aromatic carbocycles. The zero-order chi connectivity index (χ0) is 23.1. The number of rotatable bonds is 7. The highest BCUT2D eigenvalue weighted by Crippen LogP contribution is 2.42. The number of nitrogens with zero attached hydrogens (tertiary/aromatic N) is 2. The molecule has 2 aromatic rings. The highest BCUT2D eigenvalue weighted by molar-refractivity contribution is 7.89. The topological polar surface area (TPSA) is 97.8 Å². The molecule has 2 aliphatic heterocycles. The minimum atomic E-state index is -3.53. The number of hydrogen-bond acceptors (Lipinski definition) is 6. The van der Waals surface area contributed by atoms with E-state index in [2.05, 4.69) is 24.1 Å². The molecule has 2 saturated heterocycles. The van der Waals surface area contributed by atoms with Crippen molar-refractivity contribution in [2.45, 2.75) is 30.4 Å². The SMILES string of the molecule is COc1cc(Cl)ncc1NC(=O)C1(c2ccccc2C(C)C)CN(S(=O)(=O)C2COC2)C1. The van der Waals surface area contributed by atoms with Crippen molar-refractivity contribution in [3.8, 4) is 5.75 Å². The Hall–Kier alpha value is -2.20. The molecule has 8 nitrogen and oxygen atoms in total. The largest absolute Gasteiger partial charge is 0.494 e. The standard InChI is InChI=1S/C22H26ClN3O5S/c1-14(2)16-6-4-5-7-17(16)22(12-26(13-22)32(28,29)15-10-31-11-15)21(27)25-18-9-24-20(23)8-19(18)30-3/h4-9,14-15H,10-13H2,1-3H3,(H,25,27). The molecule has 1 aromatic heterocycles. The van der Waals surface area contributed by atoms with Crippen LogP contribution in [0.15, 0.2) is 36.5 Å². The van der Waals surface area contributed by atoms with E-state index in [4.69, 9.17) is 21.1 Å². The van der Waals surface area contributed by atoms with E-state index in [9.17, 15) is 13.2 Å². The number of aromatic nitrogens is 1. The third kappa shape index (κ3) is 3.87. The predicted octanol–water partition coefficient (Wildman–Crippen LogP) is 2.79. The van der Waals surface area contributed by atoms with Gasteiger partial charge in [-0.25, -0.2) is 13.4 Å². The molecule has 0 spiro atoms. The molecule has 172 valence electrons. The van der Waals surface area contributed by atoms with E-state index in [1.165, 1.54) is 23.7 Å². The Labute approximate surface area is 192 Å². The van der Waals surface area contributed by atoms with E-state index >= 15 is 0 Å². The Balaban J connectivity index is 1.70. The number of halogens is 1. The predicted molar refractivity (Wildman–Crippen MR) is 122 cm³/mol. The van der Waals surface area contributed by atoms with Gasteiger partial charge in [0.25, 0.3) is 0 Å². The van der Waals surface area contributed by atoms with Crippen LogP contribution in [0.4, 0.5) is 5.69 Å². The van der Waals surface area contributed by atoms with Crippen molar-refractivity contribution in [3.05, 3.63) is 52.8 Å². The van der Waals surface area contributed by atoms with Crippen molar-refractivity contribution in [1.29, 1.82) is 0 Å². The summed E-state index contributed by atoms with van der Waals surface area (Å²) in [6.45, 7) is 4.60. The fraction of sp³-hybridized carbons (Fsp3) is 0.455. The van der Waals surface area contributed by atoms with Gasteiger partial charge in [0.15, 0.2) is 0 Å². The maximum atomic E-state index is 13.7. The average Bonchev–Trinajstić information content (AvgIpc) is 2.67. The fourth-order valence-electron chi connectivity index (χ4n) is 4.12. The van der Waals surface area contributed by atoms with Crippen LogP contribution in [0.5, 0.6) is 5.75 Å². The lowest BCUT2D eigenvalue weighted by Gasteiger charge is -2.50. The lowest BCUT2D eigenvalue weighted by Crippen LogP contribution is -2.68. The second-order valence-electron chi connectivity index (χ2n) is 8.46. The molecular weight excluding hydrogens is 454 g/mol. The summed E-state index contributed by atoms with van der Waals surface area (Å²) in [5, 5.41) is 2.58. The summed E-state index contributed by atoms with van der Waals surface area (Å²) in [4.78, 5) is 17.7. The number of amides is 1. The molecule has 32 heavy (non-hydrogen) atoms. The number of anilines is 1. The summed E-state index contributed by atoms with van der Waals surface area (Å²) in [5.41, 5.74) is 1.16. The first-order valence-electron chi connectivity index (χ1n) is 10.4. The molecule has 0 bridgehead atoms. The number of nitrogens with one attached hydrogen (secondary N) is 1. The van der Waals surface area contributed by atoms with Crippen LogP contribution in [-0.2, 0) is 25.0 Å². The molecule has 4 rings (SSSR count). The molecule has 10 heteroatoms. The number of carbonyl (C=O) groups excluding carboxylic acids is 1. The smallest absolute Gasteiger partial charge is 0.237 e. The van der Waals surface area contributed by atoms with Crippen LogP contribution in [0.2, 0.25) is 5.15 Å². The summed E-state index contributed by atoms with van der Waals surface area (Å²) in [5.74, 6) is 0.221. The van der Waals surface area contributed by atoms with Gasteiger partial charge >= 0.3 is 0 Å². The van der Waals surface area contributed by atoms with Crippen LogP contribution in [0.3, 0.4) is 0 Å². The number of pyridine rings is 1. The van der Waals surface area contributed by atoms with E-state index in [0.717, 1.165) is 11.1 Å². The third-order valence-corrected chi connectivity index (χ3v) is 8.41. The van der Waals surface area contributed by atoms with Gasteiger partial charge in [-0.2, -0.15) is 4.31 Å². The van der Waals surface area contributed by atoms with Gasteiger partial charge in [-0.05, 0) is 17.0 Å². The summed E-state index contributed by atoms with van der Waals surface area (Å²) >= 11 is 5.94. The molecule has 1 N–H and O–H groups in total. The molecule has 2 aliphatic rings. The second-order valence-corrected chi connectivity index (χ2v) is 11.1. The maximum absolute atomic E-state index is 13.7. The van der Waals surface area contributed by atoms with E-state index in [-0.39, 0.29) is 43.3 Å². The average molecular weight is 480 g/mol. The van der Waals surface area contributed by atoms with Crippen molar-refractivity contribution in [2.24, 2.45) is 0 Å². The lowest BCUT2D eigenvalue weighted by molar-refractivity contribution is -0.125. The van der Waals surface area contributed by atoms with Crippen molar-refractivity contribution >= 4 is 33.2 Å². The summed E-state index contributed by atoms with van der Waals surface area (Å²) < 4.78 is 37.6. The Morgan fingerprint density at radius 3 is 2.59 bits per heavy atom. The second kappa shape index (κ2) is 8.62. The van der Waals surface area contributed by atoms with E-state index in [0.29, 0.717) is 11.4 Å². The van der Waals surface area contributed by atoms with Gasteiger partial charge in [0.1, 0.15) is 27.3 Å². The highest BCUT2D eigenvalue weighted by atomic mass is 35.5. The van der Waals surface area contributed by atoms with Crippen molar-refractivity contribution in [2.75, 3.05) is 38.7 Å². The molecule has 0 radical (unpaired) electrons. The first kappa shape index (κ1) is 23.0. The number of hydrogen-bond donors (Lipinski definition) is 1. The van der Waals surface area contributed by atoms with Crippen LogP contribution >= 0.6 is 11.6 Å². The van der Waals surface area contributed by atoms with Crippen LogP contribution in [-0.4, -0.2) is 62.3 Å². The minimum Gasteiger partial charge on any atom is -0.494 e. The van der Waals surface area contributed by atoms with Crippen molar-refractivity contribution in [1.82, 2.24) is 9.29 Å². The molecule has 0 aliphatic carbocycles. The molecule has 0 unspecified atom stereocenters. The van der Waals surface area contributed by atoms with Crippen LogP contribution in [0, 0.1) is 0 Å². The quantitative estimate of drug-likeness (QED) is 0.613. The number of methoxy groups -OCH3 is 1. The first-order chi connectivity index (χ1) is 15.2. The van der Waals surface area contributed by atoms with Gasteiger partial charge in [0, 0.05) is 19.2 Å². The molecule has 0 saturated carbocycles. The van der Waals surface area contributed by atoms with E-state index in [1.54, 1.807) is 0 Å². The highest BCUT2D eigenvalue weighted by Gasteiger charge is 2.57. The Morgan fingerprint density at radius 1 is 1.31 bits per heavy atom. The number of carbonyl (C=O) groups is 1. The zero-order valence-electron chi connectivity index (χ0n) is 18.2. The number of sulfonamides is 1. The van der Waals surface area contributed by atoms with Gasteiger partial charge in [0.2, 0.25) is 15.9 Å². The van der Waals surface area contributed by atoms with Gasteiger partial charge in [-0.15, -0.1) is 0 Å². The number of benzene rings is 1.